The highest BCUT2D eigenvalue weighted by molar-refractivity contribution is 7.98. The summed E-state index contributed by atoms with van der Waals surface area (Å²) in [7, 11) is 0. The van der Waals surface area contributed by atoms with Crippen LogP contribution in [-0.2, 0) is 5.75 Å². The van der Waals surface area contributed by atoms with Crippen LogP contribution in [0.4, 0.5) is 0 Å². The molecule has 1 saturated heterocycles. The van der Waals surface area contributed by atoms with Crippen LogP contribution in [0.15, 0.2) is 4.52 Å². The maximum Gasteiger partial charge on any atom is 0.243 e. The van der Waals surface area contributed by atoms with Gasteiger partial charge in [-0.05, 0) is 12.2 Å². The van der Waals surface area contributed by atoms with E-state index in [0.717, 1.165) is 17.3 Å². The standard InChI is InChI=1S/C9H15N3O2S/c1-2-15-5-8-11-9(14-12-8)7-3-6(13)4-10-7/h6-7,10,13H,2-5H2,1H3/t6?,7-/m0/s1. The van der Waals surface area contributed by atoms with Crippen molar-refractivity contribution in [2.45, 2.75) is 31.2 Å². The predicted molar refractivity (Wildman–Crippen MR) is 57.5 cm³/mol. The molecule has 6 heteroatoms. The van der Waals surface area contributed by atoms with Crippen LogP contribution in [0.2, 0.25) is 0 Å². The molecule has 0 aliphatic carbocycles. The quantitative estimate of drug-likeness (QED) is 0.792. The lowest BCUT2D eigenvalue weighted by atomic mass is 10.2. The first-order valence-electron chi connectivity index (χ1n) is 5.11. The number of hydrogen-bond donors (Lipinski definition) is 2. The first-order valence-corrected chi connectivity index (χ1v) is 6.26. The van der Waals surface area contributed by atoms with Gasteiger partial charge in [-0.3, -0.25) is 0 Å². The molecule has 1 fully saturated rings. The lowest BCUT2D eigenvalue weighted by Gasteiger charge is -2.01. The molecule has 0 spiro atoms. The molecule has 5 nitrogen and oxygen atoms in total. The van der Waals surface area contributed by atoms with Gasteiger partial charge in [0.25, 0.3) is 0 Å². The Morgan fingerprint density at radius 1 is 1.67 bits per heavy atom. The van der Waals surface area contributed by atoms with Crippen molar-refractivity contribution in [2.24, 2.45) is 0 Å². The van der Waals surface area contributed by atoms with E-state index >= 15 is 0 Å². The Morgan fingerprint density at radius 3 is 3.20 bits per heavy atom. The second-order valence-corrected chi connectivity index (χ2v) is 4.81. The molecule has 2 N–H and O–H groups in total. The highest BCUT2D eigenvalue weighted by Crippen LogP contribution is 2.22. The molecular formula is C9H15N3O2S. The van der Waals surface area contributed by atoms with Crippen molar-refractivity contribution in [3.8, 4) is 0 Å². The molecule has 0 aromatic carbocycles. The molecule has 84 valence electrons. The third-order valence-corrected chi connectivity index (χ3v) is 3.20. The zero-order valence-corrected chi connectivity index (χ0v) is 9.46. The van der Waals surface area contributed by atoms with Gasteiger partial charge in [0, 0.05) is 6.54 Å². The van der Waals surface area contributed by atoms with Gasteiger partial charge in [-0.1, -0.05) is 12.1 Å². The lowest BCUT2D eigenvalue weighted by Crippen LogP contribution is -2.15. The van der Waals surface area contributed by atoms with Gasteiger partial charge in [-0.15, -0.1) is 0 Å². The SMILES string of the molecule is CCSCc1noc([C@@H]2CC(O)CN2)n1. The number of thioether (sulfide) groups is 1. The normalized spacial score (nSPS) is 26.0. The minimum Gasteiger partial charge on any atom is -0.392 e. The molecule has 1 aliphatic rings. The Bertz CT molecular complexity index is 318. The van der Waals surface area contributed by atoms with Gasteiger partial charge < -0.3 is 14.9 Å². The number of rotatable bonds is 4. The largest absolute Gasteiger partial charge is 0.392 e. The molecule has 0 radical (unpaired) electrons. The average Bonchev–Trinajstić information content (AvgIpc) is 2.83. The molecule has 2 rings (SSSR count). The minimum atomic E-state index is -0.296. The van der Waals surface area contributed by atoms with Gasteiger partial charge >= 0.3 is 0 Å². The number of aromatic nitrogens is 2. The maximum absolute atomic E-state index is 9.35. The smallest absolute Gasteiger partial charge is 0.243 e. The number of nitrogens with zero attached hydrogens (tertiary/aromatic N) is 2. The van der Waals surface area contributed by atoms with E-state index in [0.29, 0.717) is 18.9 Å². The van der Waals surface area contributed by atoms with Gasteiger partial charge in [-0.2, -0.15) is 16.7 Å². The molecule has 2 atom stereocenters. The van der Waals surface area contributed by atoms with Crippen molar-refractivity contribution in [3.05, 3.63) is 11.7 Å². The highest BCUT2D eigenvalue weighted by atomic mass is 32.2. The van der Waals surface area contributed by atoms with Crippen LogP contribution in [0.3, 0.4) is 0 Å². The number of aliphatic hydroxyl groups excluding tert-OH is 1. The molecule has 0 amide bonds. The minimum absolute atomic E-state index is 0.0212. The van der Waals surface area contributed by atoms with E-state index in [1.54, 1.807) is 11.8 Å². The summed E-state index contributed by atoms with van der Waals surface area (Å²) in [5, 5.41) is 16.4. The van der Waals surface area contributed by atoms with Crippen LogP contribution in [0.25, 0.3) is 0 Å². The molecule has 1 aromatic heterocycles. The number of hydrogen-bond acceptors (Lipinski definition) is 6. The third-order valence-electron chi connectivity index (χ3n) is 2.32. The van der Waals surface area contributed by atoms with Gasteiger partial charge in [0.1, 0.15) is 0 Å². The van der Waals surface area contributed by atoms with E-state index in [1.165, 1.54) is 0 Å². The average molecular weight is 229 g/mol. The molecule has 1 unspecified atom stereocenters. The van der Waals surface area contributed by atoms with E-state index in [4.69, 9.17) is 4.52 Å². The van der Waals surface area contributed by atoms with Gasteiger partial charge in [0.05, 0.1) is 17.9 Å². The Labute approximate surface area is 92.6 Å². The zero-order chi connectivity index (χ0) is 10.7. The van der Waals surface area contributed by atoms with E-state index < -0.39 is 0 Å². The maximum atomic E-state index is 9.35. The summed E-state index contributed by atoms with van der Waals surface area (Å²) in [4.78, 5) is 4.29. The summed E-state index contributed by atoms with van der Waals surface area (Å²) < 4.78 is 5.15. The molecular weight excluding hydrogens is 214 g/mol. The monoisotopic (exact) mass is 229 g/mol. The lowest BCUT2D eigenvalue weighted by molar-refractivity contribution is 0.191. The number of aliphatic hydroxyl groups is 1. The summed E-state index contributed by atoms with van der Waals surface area (Å²) in [6.07, 6.45) is 0.359. The molecule has 0 saturated carbocycles. The van der Waals surface area contributed by atoms with Crippen LogP contribution in [0.1, 0.15) is 31.1 Å². The Kier molecular flexibility index (Phi) is 3.61. The zero-order valence-electron chi connectivity index (χ0n) is 8.64. The second kappa shape index (κ2) is 4.96. The van der Waals surface area contributed by atoms with Crippen molar-refractivity contribution in [1.82, 2.24) is 15.5 Å². The fourth-order valence-corrected chi connectivity index (χ4v) is 2.07. The molecule has 2 heterocycles. The van der Waals surface area contributed by atoms with Crippen molar-refractivity contribution in [3.63, 3.8) is 0 Å². The molecule has 1 aromatic rings. The summed E-state index contributed by atoms with van der Waals surface area (Å²) in [5.41, 5.74) is 0. The summed E-state index contributed by atoms with van der Waals surface area (Å²) in [6.45, 7) is 2.70. The Balaban J connectivity index is 1.94. The first kappa shape index (κ1) is 10.9. The fraction of sp³-hybridized carbons (Fsp3) is 0.778. The van der Waals surface area contributed by atoms with Crippen LogP contribution in [-0.4, -0.2) is 33.6 Å². The van der Waals surface area contributed by atoms with E-state index in [2.05, 4.69) is 22.4 Å². The second-order valence-electron chi connectivity index (χ2n) is 3.54. The summed E-state index contributed by atoms with van der Waals surface area (Å²) >= 11 is 1.76. The topological polar surface area (TPSA) is 71.2 Å². The van der Waals surface area contributed by atoms with Crippen LogP contribution >= 0.6 is 11.8 Å². The number of nitrogens with one attached hydrogen (secondary N) is 1. The van der Waals surface area contributed by atoms with Crippen molar-refractivity contribution in [2.75, 3.05) is 12.3 Å². The number of β-amino-alcohol motifs (C(OH)–C–C–N with tert-alkyl or cyclic N) is 1. The van der Waals surface area contributed by atoms with Crippen molar-refractivity contribution < 1.29 is 9.63 Å². The Hall–Kier alpha value is -0.590. The fourth-order valence-electron chi connectivity index (χ4n) is 1.57. The van der Waals surface area contributed by atoms with E-state index in [-0.39, 0.29) is 12.1 Å². The highest BCUT2D eigenvalue weighted by Gasteiger charge is 2.27. The van der Waals surface area contributed by atoms with Crippen LogP contribution < -0.4 is 5.32 Å². The van der Waals surface area contributed by atoms with Gasteiger partial charge in [-0.25, -0.2) is 0 Å². The van der Waals surface area contributed by atoms with Crippen LogP contribution in [0.5, 0.6) is 0 Å². The predicted octanol–water partition coefficient (Wildman–Crippen LogP) is 0.718. The third kappa shape index (κ3) is 2.70. The Morgan fingerprint density at radius 2 is 2.53 bits per heavy atom. The van der Waals surface area contributed by atoms with E-state index in [9.17, 15) is 5.11 Å². The van der Waals surface area contributed by atoms with Gasteiger partial charge in [0.15, 0.2) is 5.82 Å². The van der Waals surface area contributed by atoms with Crippen molar-refractivity contribution in [1.29, 1.82) is 0 Å². The summed E-state index contributed by atoms with van der Waals surface area (Å²) in [5.74, 6) is 3.16. The molecule has 15 heavy (non-hydrogen) atoms. The summed E-state index contributed by atoms with van der Waals surface area (Å²) in [6, 6.07) is 0.0212. The molecule has 1 aliphatic heterocycles. The van der Waals surface area contributed by atoms with Crippen molar-refractivity contribution >= 4 is 11.8 Å². The van der Waals surface area contributed by atoms with Gasteiger partial charge in [0.2, 0.25) is 5.89 Å². The van der Waals surface area contributed by atoms with E-state index in [1.807, 2.05) is 0 Å². The first-order chi connectivity index (χ1) is 7.29. The molecule has 0 bridgehead atoms. The van der Waals surface area contributed by atoms with Crippen LogP contribution in [0, 0.1) is 0 Å².